The number of carbonyl (C=O) groups excluding carboxylic acids is 2. The summed E-state index contributed by atoms with van der Waals surface area (Å²) in [6.45, 7) is 6.13. The van der Waals surface area contributed by atoms with Crippen molar-refractivity contribution in [2.45, 2.75) is 40.0 Å². The number of carbonyl (C=O) groups is 2. The predicted octanol–water partition coefficient (Wildman–Crippen LogP) is 1.92. The van der Waals surface area contributed by atoms with Gasteiger partial charge in [0.1, 0.15) is 6.61 Å². The van der Waals surface area contributed by atoms with Gasteiger partial charge in [-0.1, -0.05) is 13.8 Å². The maximum atomic E-state index is 11.1. The van der Waals surface area contributed by atoms with Crippen LogP contribution in [-0.4, -0.2) is 25.2 Å². The van der Waals surface area contributed by atoms with E-state index in [9.17, 15) is 9.59 Å². The first kappa shape index (κ1) is 13.9. The third-order valence-electron chi connectivity index (χ3n) is 1.80. The topological polar surface area (TPSA) is 52.6 Å². The summed E-state index contributed by atoms with van der Waals surface area (Å²) in [6.07, 6.45) is 2.08. The average molecular weight is 216 g/mol. The molecule has 0 saturated carbocycles. The zero-order chi connectivity index (χ0) is 11.7. The summed E-state index contributed by atoms with van der Waals surface area (Å²) in [6, 6.07) is 0. The molecular formula is C11H20O4. The monoisotopic (exact) mass is 216 g/mol. The molecule has 0 rings (SSSR count). The van der Waals surface area contributed by atoms with Gasteiger partial charge in [-0.15, -0.1) is 0 Å². The molecule has 0 aliphatic heterocycles. The number of esters is 2. The van der Waals surface area contributed by atoms with Crippen molar-refractivity contribution in [2.24, 2.45) is 5.92 Å². The van der Waals surface area contributed by atoms with E-state index in [-0.39, 0.29) is 25.0 Å². The molecule has 0 aromatic heterocycles. The van der Waals surface area contributed by atoms with Gasteiger partial charge in [0.05, 0.1) is 13.0 Å². The molecule has 88 valence electrons. The zero-order valence-corrected chi connectivity index (χ0v) is 9.75. The van der Waals surface area contributed by atoms with E-state index >= 15 is 0 Å². The number of ether oxygens (including phenoxy) is 2. The van der Waals surface area contributed by atoms with E-state index in [1.807, 2.05) is 0 Å². The van der Waals surface area contributed by atoms with E-state index in [1.165, 1.54) is 6.92 Å². The molecule has 0 heterocycles. The Kier molecular flexibility index (Phi) is 7.68. The molecule has 0 spiro atoms. The smallest absolute Gasteiger partial charge is 0.309 e. The van der Waals surface area contributed by atoms with Gasteiger partial charge in [0, 0.05) is 6.92 Å². The highest BCUT2D eigenvalue weighted by Crippen LogP contribution is 2.03. The standard InChI is InChI=1S/C11H20O4/c1-9(2)5-4-7-15-11(13)6-8-14-10(3)12/h9H,4-8H2,1-3H3. The Morgan fingerprint density at radius 1 is 1.13 bits per heavy atom. The quantitative estimate of drug-likeness (QED) is 0.482. The first-order chi connectivity index (χ1) is 7.02. The molecule has 0 amide bonds. The summed E-state index contributed by atoms with van der Waals surface area (Å²) < 4.78 is 9.56. The lowest BCUT2D eigenvalue weighted by Crippen LogP contribution is -2.11. The second kappa shape index (κ2) is 8.26. The molecule has 0 aromatic rings. The maximum absolute atomic E-state index is 11.1. The summed E-state index contributed by atoms with van der Waals surface area (Å²) in [4.78, 5) is 21.4. The molecular weight excluding hydrogens is 196 g/mol. The van der Waals surface area contributed by atoms with Crippen molar-refractivity contribution in [3.8, 4) is 0 Å². The molecule has 0 radical (unpaired) electrons. The molecule has 0 bridgehead atoms. The van der Waals surface area contributed by atoms with Crippen molar-refractivity contribution < 1.29 is 19.1 Å². The highest BCUT2D eigenvalue weighted by molar-refractivity contribution is 5.70. The third kappa shape index (κ3) is 10.9. The Balaban J connectivity index is 3.30. The normalized spacial score (nSPS) is 10.1. The first-order valence-electron chi connectivity index (χ1n) is 5.31. The van der Waals surface area contributed by atoms with Crippen LogP contribution < -0.4 is 0 Å². The number of rotatable bonds is 7. The van der Waals surface area contributed by atoms with Crippen LogP contribution in [0.25, 0.3) is 0 Å². The summed E-state index contributed by atoms with van der Waals surface area (Å²) in [5.74, 6) is -0.0487. The van der Waals surface area contributed by atoms with Gasteiger partial charge in [-0.3, -0.25) is 9.59 Å². The van der Waals surface area contributed by atoms with Gasteiger partial charge < -0.3 is 9.47 Å². The average Bonchev–Trinajstić information content (AvgIpc) is 2.11. The van der Waals surface area contributed by atoms with E-state index in [1.54, 1.807) is 0 Å². The molecule has 0 atom stereocenters. The fourth-order valence-electron chi connectivity index (χ4n) is 1.03. The molecule has 0 N–H and O–H groups in total. The van der Waals surface area contributed by atoms with Crippen molar-refractivity contribution in [3.63, 3.8) is 0 Å². The molecule has 0 fully saturated rings. The van der Waals surface area contributed by atoms with Gasteiger partial charge in [0.15, 0.2) is 0 Å². The fraction of sp³-hybridized carbons (Fsp3) is 0.818. The minimum Gasteiger partial charge on any atom is -0.466 e. The lowest BCUT2D eigenvalue weighted by Gasteiger charge is -2.06. The predicted molar refractivity (Wildman–Crippen MR) is 56.3 cm³/mol. The molecule has 4 heteroatoms. The highest BCUT2D eigenvalue weighted by atomic mass is 16.5. The lowest BCUT2D eigenvalue weighted by molar-refractivity contribution is -0.148. The van der Waals surface area contributed by atoms with Crippen LogP contribution in [0.1, 0.15) is 40.0 Å². The largest absolute Gasteiger partial charge is 0.466 e. The van der Waals surface area contributed by atoms with Crippen molar-refractivity contribution >= 4 is 11.9 Å². The third-order valence-corrected chi connectivity index (χ3v) is 1.80. The van der Waals surface area contributed by atoms with Gasteiger partial charge in [0.25, 0.3) is 0 Å². The van der Waals surface area contributed by atoms with Gasteiger partial charge >= 0.3 is 11.9 Å². The molecule has 0 saturated heterocycles. The van der Waals surface area contributed by atoms with Gasteiger partial charge in [0.2, 0.25) is 0 Å². The minimum atomic E-state index is -0.373. The van der Waals surface area contributed by atoms with E-state index < -0.39 is 0 Å². The van der Waals surface area contributed by atoms with Crippen molar-refractivity contribution in [3.05, 3.63) is 0 Å². The van der Waals surface area contributed by atoms with Crippen molar-refractivity contribution in [1.29, 1.82) is 0 Å². The SMILES string of the molecule is CC(=O)OCCC(=O)OCCCC(C)C. The molecule has 15 heavy (non-hydrogen) atoms. The van der Waals surface area contributed by atoms with Crippen LogP contribution >= 0.6 is 0 Å². The number of hydrogen-bond acceptors (Lipinski definition) is 4. The second-order valence-electron chi connectivity index (χ2n) is 3.85. The van der Waals surface area contributed by atoms with Gasteiger partial charge in [-0.05, 0) is 18.8 Å². The molecule has 0 aliphatic rings. The van der Waals surface area contributed by atoms with Crippen LogP contribution in [-0.2, 0) is 19.1 Å². The zero-order valence-electron chi connectivity index (χ0n) is 9.75. The molecule has 4 nitrogen and oxygen atoms in total. The summed E-state index contributed by atoms with van der Waals surface area (Å²) in [7, 11) is 0. The van der Waals surface area contributed by atoms with Crippen LogP contribution in [0, 0.1) is 5.92 Å². The molecule has 0 aliphatic carbocycles. The van der Waals surface area contributed by atoms with E-state index in [0.29, 0.717) is 12.5 Å². The summed E-state index contributed by atoms with van der Waals surface area (Å²) >= 11 is 0. The van der Waals surface area contributed by atoms with Crippen molar-refractivity contribution in [1.82, 2.24) is 0 Å². The molecule has 0 aromatic carbocycles. The minimum absolute atomic E-state index is 0.109. The lowest BCUT2D eigenvalue weighted by atomic mass is 10.1. The van der Waals surface area contributed by atoms with Crippen LogP contribution in [0.4, 0.5) is 0 Å². The molecule has 0 unspecified atom stereocenters. The Morgan fingerprint density at radius 3 is 2.33 bits per heavy atom. The second-order valence-corrected chi connectivity index (χ2v) is 3.85. The van der Waals surface area contributed by atoms with E-state index in [2.05, 4.69) is 18.6 Å². The van der Waals surface area contributed by atoms with Crippen molar-refractivity contribution in [2.75, 3.05) is 13.2 Å². The Hall–Kier alpha value is -1.06. The van der Waals surface area contributed by atoms with E-state index in [0.717, 1.165) is 12.8 Å². The fourth-order valence-corrected chi connectivity index (χ4v) is 1.03. The van der Waals surface area contributed by atoms with Gasteiger partial charge in [-0.25, -0.2) is 0 Å². The summed E-state index contributed by atoms with van der Waals surface area (Å²) in [5.41, 5.74) is 0. The maximum Gasteiger partial charge on any atom is 0.309 e. The Morgan fingerprint density at radius 2 is 1.80 bits per heavy atom. The van der Waals surface area contributed by atoms with Crippen LogP contribution in [0.2, 0.25) is 0 Å². The summed E-state index contributed by atoms with van der Waals surface area (Å²) in [5, 5.41) is 0. The van der Waals surface area contributed by atoms with Crippen LogP contribution in [0.5, 0.6) is 0 Å². The van der Waals surface area contributed by atoms with Gasteiger partial charge in [-0.2, -0.15) is 0 Å². The highest BCUT2D eigenvalue weighted by Gasteiger charge is 2.04. The number of hydrogen-bond donors (Lipinski definition) is 0. The van der Waals surface area contributed by atoms with E-state index in [4.69, 9.17) is 4.74 Å². The Bertz CT molecular complexity index is 199. The van der Waals surface area contributed by atoms with Crippen LogP contribution in [0.3, 0.4) is 0 Å². The first-order valence-corrected chi connectivity index (χ1v) is 5.31. The van der Waals surface area contributed by atoms with Crippen LogP contribution in [0.15, 0.2) is 0 Å². The Labute approximate surface area is 90.9 Å².